The number of aromatic hydroxyl groups is 1. The third kappa shape index (κ3) is 2.31. The van der Waals surface area contributed by atoms with Crippen LogP contribution in [-0.4, -0.2) is 14.8 Å². The Hall–Kier alpha value is 1.09. The molecule has 0 spiro atoms. The molecule has 0 saturated heterocycles. The summed E-state index contributed by atoms with van der Waals surface area (Å²) in [4.78, 5) is 12.2. The fourth-order valence-corrected chi connectivity index (χ4v) is 6.86. The Morgan fingerprint density at radius 3 is 2.63 bits per heavy atom. The second-order valence-corrected chi connectivity index (χ2v) is 9.04. The van der Waals surface area contributed by atoms with E-state index < -0.39 is 0 Å². The summed E-state index contributed by atoms with van der Waals surface area (Å²) in [6.07, 6.45) is 2.85. The van der Waals surface area contributed by atoms with Crippen LogP contribution in [0.2, 0.25) is 0 Å². The number of hydrogen-bond donors (Lipinski definition) is 1. The molecule has 2 aliphatic carbocycles. The first-order chi connectivity index (χ1) is 8.91. The first-order valence-corrected chi connectivity index (χ1v) is 9.88. The second-order valence-electron chi connectivity index (χ2n) is 4.39. The molecule has 1 unspecified atom stereocenters. The predicted octanol–water partition coefficient (Wildman–Crippen LogP) is 4.62. The summed E-state index contributed by atoms with van der Waals surface area (Å²) < 4.78 is 2.40. The smallest absolute Gasteiger partial charge is 0.186 e. The zero-order valence-corrected chi connectivity index (χ0v) is 17.9. The highest BCUT2D eigenvalue weighted by Crippen LogP contribution is 2.48. The summed E-state index contributed by atoms with van der Waals surface area (Å²) in [5.74, 6) is 0.496. The Morgan fingerprint density at radius 2 is 1.95 bits per heavy atom. The van der Waals surface area contributed by atoms with E-state index in [0.717, 1.165) is 28.3 Å². The number of hydrogen-bond acceptors (Lipinski definition) is 2. The molecule has 0 saturated carbocycles. The van der Waals surface area contributed by atoms with Crippen LogP contribution in [0.15, 0.2) is 21.3 Å². The van der Waals surface area contributed by atoms with Crippen LogP contribution < -0.4 is 0 Å². The molecule has 6 heteroatoms. The van der Waals surface area contributed by atoms with Crippen molar-refractivity contribution in [2.75, 3.05) is 0 Å². The Morgan fingerprint density at radius 1 is 1.26 bits per heavy atom. The zero-order valence-electron chi connectivity index (χ0n) is 9.31. The van der Waals surface area contributed by atoms with Gasteiger partial charge in [-0.1, -0.05) is 22.6 Å². The van der Waals surface area contributed by atoms with E-state index in [1.54, 1.807) is 0 Å². The van der Waals surface area contributed by atoms with E-state index in [1.807, 2.05) is 12.1 Å². The first-order valence-electron chi connectivity index (χ1n) is 5.40. The Labute approximate surface area is 165 Å². The highest BCUT2D eigenvalue weighted by Gasteiger charge is 2.36. The molecule has 0 bridgehead atoms. The number of halogens is 4. The summed E-state index contributed by atoms with van der Waals surface area (Å²) in [6.45, 7) is 0. The molecule has 1 aromatic rings. The molecule has 2 aliphatic rings. The number of allylic oxidation sites excluding steroid dienone is 4. The summed E-state index contributed by atoms with van der Waals surface area (Å²) in [5, 5.41) is 10.1. The third-order valence-corrected chi connectivity index (χ3v) is 7.20. The van der Waals surface area contributed by atoms with Gasteiger partial charge in [0, 0.05) is 5.56 Å². The van der Waals surface area contributed by atoms with Gasteiger partial charge in [0.1, 0.15) is 9.67 Å². The Kier molecular flexibility index (Phi) is 4.24. The standard InChI is InChI=1S/C13H6I4O2/c14-6-2-4-1-5-3-7(15)13(19)11(17)9(5)8(4)10(16)12(6)18/h2-3,10,19H,1H2. The molecule has 0 amide bonds. The lowest BCUT2D eigenvalue weighted by Gasteiger charge is -2.19. The lowest BCUT2D eigenvalue weighted by Crippen LogP contribution is -2.19. The molecule has 1 N–H and O–H groups in total. The van der Waals surface area contributed by atoms with Gasteiger partial charge in [-0.3, -0.25) is 4.79 Å². The van der Waals surface area contributed by atoms with E-state index >= 15 is 0 Å². The Balaban J connectivity index is 2.28. The van der Waals surface area contributed by atoms with Crippen molar-refractivity contribution >= 4 is 102 Å². The van der Waals surface area contributed by atoms with Crippen LogP contribution in [0.1, 0.15) is 11.1 Å². The second kappa shape index (κ2) is 5.38. The van der Waals surface area contributed by atoms with Crippen LogP contribution in [0.4, 0.5) is 0 Å². The molecule has 2 nitrogen and oxygen atoms in total. The van der Waals surface area contributed by atoms with Crippen molar-refractivity contribution < 1.29 is 9.90 Å². The number of fused-ring (bicyclic) bond motifs is 2. The van der Waals surface area contributed by atoms with Crippen LogP contribution in [0, 0.1) is 7.14 Å². The molecule has 0 aromatic heterocycles. The molecule has 1 aromatic carbocycles. The minimum atomic E-state index is -0.140. The summed E-state index contributed by atoms with van der Waals surface area (Å²) >= 11 is 8.66. The summed E-state index contributed by atoms with van der Waals surface area (Å²) in [5.41, 5.74) is 4.60. The maximum atomic E-state index is 12.2. The van der Waals surface area contributed by atoms with E-state index in [0.29, 0.717) is 5.75 Å². The fraction of sp³-hybridized carbons (Fsp3) is 0.154. The molecule has 0 aliphatic heterocycles. The van der Waals surface area contributed by atoms with Crippen LogP contribution >= 0.6 is 90.4 Å². The number of carbonyl (C=O) groups excluding carboxylic acids is 1. The molecule has 0 radical (unpaired) electrons. The van der Waals surface area contributed by atoms with E-state index in [2.05, 4.69) is 90.4 Å². The van der Waals surface area contributed by atoms with Crippen LogP contribution in [0.3, 0.4) is 0 Å². The average molecular weight is 702 g/mol. The summed E-state index contributed by atoms with van der Waals surface area (Å²) in [7, 11) is 0. The monoisotopic (exact) mass is 702 g/mol. The van der Waals surface area contributed by atoms with Gasteiger partial charge in [-0.15, -0.1) is 0 Å². The van der Waals surface area contributed by atoms with E-state index in [9.17, 15) is 9.90 Å². The van der Waals surface area contributed by atoms with Gasteiger partial charge >= 0.3 is 0 Å². The van der Waals surface area contributed by atoms with Gasteiger partial charge in [0.2, 0.25) is 0 Å². The first kappa shape index (κ1) is 15.0. The molecular weight excluding hydrogens is 696 g/mol. The van der Waals surface area contributed by atoms with Gasteiger partial charge in [-0.2, -0.15) is 0 Å². The zero-order chi connectivity index (χ0) is 13.9. The molecule has 1 atom stereocenters. The van der Waals surface area contributed by atoms with Crippen LogP contribution in [0.5, 0.6) is 5.75 Å². The number of Topliss-reactive ketones (excluding diaryl/α,β-unsaturated/α-hetero) is 1. The maximum absolute atomic E-state index is 12.2. The van der Waals surface area contributed by atoms with Crippen LogP contribution in [0.25, 0.3) is 5.57 Å². The molecule has 19 heavy (non-hydrogen) atoms. The topological polar surface area (TPSA) is 37.3 Å². The highest BCUT2D eigenvalue weighted by molar-refractivity contribution is 14.1. The van der Waals surface area contributed by atoms with Crippen molar-refractivity contribution in [2.24, 2.45) is 0 Å². The molecular formula is C13H6I4O2. The van der Waals surface area contributed by atoms with E-state index in [-0.39, 0.29) is 9.71 Å². The van der Waals surface area contributed by atoms with Crippen molar-refractivity contribution in [3.8, 4) is 5.75 Å². The van der Waals surface area contributed by atoms with Gasteiger partial charge < -0.3 is 5.11 Å². The number of phenolic OH excluding ortho intramolecular Hbond substituents is 1. The number of carbonyl (C=O) groups is 1. The minimum Gasteiger partial charge on any atom is -0.506 e. The van der Waals surface area contributed by atoms with Crippen molar-refractivity contribution in [2.45, 2.75) is 10.3 Å². The maximum Gasteiger partial charge on any atom is 0.186 e. The Bertz CT molecular complexity index is 688. The number of rotatable bonds is 0. The van der Waals surface area contributed by atoms with E-state index in [1.165, 1.54) is 11.1 Å². The highest BCUT2D eigenvalue weighted by atomic mass is 127. The van der Waals surface area contributed by atoms with Gasteiger partial charge in [0.05, 0.1) is 10.7 Å². The quantitative estimate of drug-likeness (QED) is 0.317. The summed E-state index contributed by atoms with van der Waals surface area (Å²) in [6, 6.07) is 2.03. The minimum absolute atomic E-state index is 0.140. The lowest BCUT2D eigenvalue weighted by atomic mass is 9.96. The van der Waals surface area contributed by atoms with Gasteiger partial charge in [-0.25, -0.2) is 0 Å². The molecule has 3 rings (SSSR count). The molecule has 0 heterocycles. The SMILES string of the molecule is O=C1C(I)=CC2=C(c3c(cc(I)c(O)c3I)C2)C1I. The van der Waals surface area contributed by atoms with Crippen LogP contribution in [-0.2, 0) is 11.2 Å². The number of ketones is 1. The van der Waals surface area contributed by atoms with Gasteiger partial charge in [0.25, 0.3) is 0 Å². The number of alkyl halides is 1. The predicted molar refractivity (Wildman–Crippen MR) is 109 cm³/mol. The lowest BCUT2D eigenvalue weighted by molar-refractivity contribution is -0.113. The largest absolute Gasteiger partial charge is 0.506 e. The van der Waals surface area contributed by atoms with E-state index in [4.69, 9.17) is 0 Å². The third-order valence-electron chi connectivity index (χ3n) is 3.29. The van der Waals surface area contributed by atoms with Gasteiger partial charge in [0.15, 0.2) is 5.78 Å². The van der Waals surface area contributed by atoms with Crippen molar-refractivity contribution in [1.29, 1.82) is 0 Å². The fourth-order valence-electron chi connectivity index (χ4n) is 2.44. The molecule has 98 valence electrons. The normalized spacial score (nSPS) is 21.4. The van der Waals surface area contributed by atoms with Gasteiger partial charge in [-0.05, 0) is 103 Å². The number of benzene rings is 1. The van der Waals surface area contributed by atoms with Crippen molar-refractivity contribution in [3.63, 3.8) is 0 Å². The van der Waals surface area contributed by atoms with Crippen molar-refractivity contribution in [1.82, 2.24) is 0 Å². The average Bonchev–Trinajstić information content (AvgIpc) is 2.71. The van der Waals surface area contributed by atoms with Crippen molar-refractivity contribution in [3.05, 3.63) is 39.6 Å². The number of phenols is 1. The molecule has 0 fully saturated rings.